The Kier molecular flexibility index (Phi) is 5.33. The summed E-state index contributed by atoms with van der Waals surface area (Å²) in [5.74, 6) is 0.484. The van der Waals surface area contributed by atoms with E-state index in [4.69, 9.17) is 10.5 Å². The Hall–Kier alpha value is -2.06. The van der Waals surface area contributed by atoms with Crippen molar-refractivity contribution >= 4 is 45.5 Å². The fourth-order valence-electron chi connectivity index (χ4n) is 3.19. The molecule has 28 heavy (non-hydrogen) atoms. The molecule has 10 nitrogen and oxygen atoms in total. The van der Waals surface area contributed by atoms with Crippen molar-refractivity contribution in [3.8, 4) is 0 Å². The molecule has 1 aliphatic rings. The van der Waals surface area contributed by atoms with Crippen LogP contribution < -0.4 is 11.1 Å². The number of benzene rings is 1. The van der Waals surface area contributed by atoms with E-state index in [1.54, 1.807) is 0 Å². The van der Waals surface area contributed by atoms with Crippen LogP contribution in [0.15, 0.2) is 30.6 Å². The second-order valence-electron chi connectivity index (χ2n) is 6.47. The Balaban J connectivity index is 1.65. The highest BCUT2D eigenvalue weighted by atomic mass is 127. The maximum atomic E-state index is 10.3. The molecule has 1 aromatic carbocycles. The van der Waals surface area contributed by atoms with Crippen LogP contribution in [0.2, 0.25) is 0 Å². The van der Waals surface area contributed by atoms with Gasteiger partial charge in [0.05, 0.1) is 12.9 Å². The summed E-state index contributed by atoms with van der Waals surface area (Å²) in [5, 5.41) is 32.8. The first-order valence-corrected chi connectivity index (χ1v) is 9.66. The van der Waals surface area contributed by atoms with E-state index in [-0.39, 0.29) is 5.95 Å². The number of imidazole rings is 1. The topological polar surface area (TPSA) is 152 Å². The fourth-order valence-corrected chi connectivity index (χ4v) is 3.79. The fraction of sp³-hybridized carbons (Fsp3) is 0.353. The zero-order chi connectivity index (χ0) is 19.8. The van der Waals surface area contributed by atoms with Gasteiger partial charge >= 0.3 is 0 Å². The maximum Gasteiger partial charge on any atom is 0.224 e. The van der Waals surface area contributed by atoms with Gasteiger partial charge in [0.15, 0.2) is 23.2 Å². The SMILES string of the molecule is Nc1nc(NCc2cccc(I)c2)c2ncn(C3OC(CO)C(O)C3O)c2n1. The van der Waals surface area contributed by atoms with Gasteiger partial charge < -0.3 is 31.1 Å². The number of hydrogen-bond donors (Lipinski definition) is 5. The molecular weight excluding hydrogens is 479 g/mol. The second kappa shape index (κ2) is 7.75. The lowest BCUT2D eigenvalue weighted by Gasteiger charge is -2.16. The first kappa shape index (κ1) is 19.3. The van der Waals surface area contributed by atoms with Crippen LogP contribution in [0.4, 0.5) is 11.8 Å². The van der Waals surface area contributed by atoms with Gasteiger partial charge in [-0.05, 0) is 40.3 Å². The molecule has 0 amide bonds. The van der Waals surface area contributed by atoms with Gasteiger partial charge in [0.2, 0.25) is 5.95 Å². The summed E-state index contributed by atoms with van der Waals surface area (Å²) in [6.07, 6.45) is -2.86. The average Bonchev–Trinajstić information content (AvgIpc) is 3.21. The van der Waals surface area contributed by atoms with Crippen LogP contribution in [-0.4, -0.2) is 59.8 Å². The van der Waals surface area contributed by atoms with E-state index in [0.29, 0.717) is 23.5 Å². The van der Waals surface area contributed by atoms with Crippen molar-refractivity contribution in [3.63, 3.8) is 0 Å². The summed E-state index contributed by atoms with van der Waals surface area (Å²) in [6, 6.07) is 8.02. The summed E-state index contributed by atoms with van der Waals surface area (Å²) in [7, 11) is 0. The molecule has 4 unspecified atom stereocenters. The third-order valence-corrected chi connectivity index (χ3v) is 5.25. The van der Waals surface area contributed by atoms with Crippen LogP contribution in [0.1, 0.15) is 11.8 Å². The van der Waals surface area contributed by atoms with Crippen molar-refractivity contribution in [3.05, 3.63) is 39.7 Å². The zero-order valence-electron chi connectivity index (χ0n) is 14.6. The smallest absolute Gasteiger partial charge is 0.224 e. The van der Waals surface area contributed by atoms with Crippen LogP contribution in [0.25, 0.3) is 11.2 Å². The van der Waals surface area contributed by atoms with E-state index in [9.17, 15) is 15.3 Å². The lowest BCUT2D eigenvalue weighted by Crippen LogP contribution is -2.33. The van der Waals surface area contributed by atoms with E-state index in [0.717, 1.165) is 9.13 Å². The van der Waals surface area contributed by atoms with Crippen LogP contribution in [0, 0.1) is 3.57 Å². The Bertz CT molecular complexity index is 999. The van der Waals surface area contributed by atoms with Gasteiger partial charge in [0.1, 0.15) is 18.3 Å². The van der Waals surface area contributed by atoms with E-state index in [1.807, 2.05) is 24.3 Å². The van der Waals surface area contributed by atoms with Crippen molar-refractivity contribution in [2.75, 3.05) is 17.7 Å². The van der Waals surface area contributed by atoms with Gasteiger partial charge in [0.25, 0.3) is 0 Å². The number of aromatic nitrogens is 4. The highest BCUT2D eigenvalue weighted by molar-refractivity contribution is 14.1. The number of aliphatic hydroxyl groups is 3. The number of anilines is 2. The van der Waals surface area contributed by atoms with Crippen molar-refractivity contribution < 1.29 is 20.1 Å². The summed E-state index contributed by atoms with van der Waals surface area (Å²) in [4.78, 5) is 12.8. The van der Waals surface area contributed by atoms with Crippen molar-refractivity contribution in [1.82, 2.24) is 19.5 Å². The molecule has 0 bridgehead atoms. The standard InChI is InChI=1S/C17H19IN6O4/c18-9-3-1-2-8(4-9)5-20-14-11-15(23-17(19)22-14)24(7-21-11)16-13(27)12(26)10(6-25)28-16/h1-4,7,10,12-13,16,25-27H,5-6H2,(H3,19,20,22,23). The molecule has 1 saturated heterocycles. The molecule has 1 aliphatic heterocycles. The van der Waals surface area contributed by atoms with Crippen LogP contribution in [0.3, 0.4) is 0 Å². The van der Waals surface area contributed by atoms with Gasteiger partial charge in [-0.2, -0.15) is 9.97 Å². The molecule has 4 atom stereocenters. The van der Waals surface area contributed by atoms with E-state index >= 15 is 0 Å². The lowest BCUT2D eigenvalue weighted by molar-refractivity contribution is -0.0511. The van der Waals surface area contributed by atoms with Crippen LogP contribution >= 0.6 is 22.6 Å². The second-order valence-corrected chi connectivity index (χ2v) is 7.71. The first-order valence-electron chi connectivity index (χ1n) is 8.58. The summed E-state index contributed by atoms with van der Waals surface area (Å²) >= 11 is 2.25. The Morgan fingerprint density at radius 3 is 2.79 bits per heavy atom. The highest BCUT2D eigenvalue weighted by Gasteiger charge is 2.44. The summed E-state index contributed by atoms with van der Waals surface area (Å²) in [5.41, 5.74) is 7.74. The van der Waals surface area contributed by atoms with E-state index < -0.39 is 31.1 Å². The van der Waals surface area contributed by atoms with Crippen molar-refractivity contribution in [2.24, 2.45) is 0 Å². The number of ether oxygens (including phenoxy) is 1. The van der Waals surface area contributed by atoms with E-state index in [2.05, 4.69) is 42.9 Å². The normalized spacial score (nSPS) is 24.7. The minimum Gasteiger partial charge on any atom is -0.394 e. The number of hydrogen-bond acceptors (Lipinski definition) is 9. The predicted molar refractivity (Wildman–Crippen MR) is 109 cm³/mol. The minimum absolute atomic E-state index is 0.0335. The number of nitrogen functional groups attached to an aromatic ring is 1. The molecule has 11 heteroatoms. The molecule has 6 N–H and O–H groups in total. The van der Waals surface area contributed by atoms with Gasteiger partial charge in [-0.3, -0.25) is 4.57 Å². The molecule has 0 radical (unpaired) electrons. The third kappa shape index (κ3) is 3.51. The van der Waals surface area contributed by atoms with Gasteiger partial charge in [-0.1, -0.05) is 12.1 Å². The molecular formula is C17H19IN6O4. The van der Waals surface area contributed by atoms with Crippen molar-refractivity contribution in [2.45, 2.75) is 31.1 Å². The Morgan fingerprint density at radius 2 is 2.07 bits per heavy atom. The molecule has 0 spiro atoms. The quantitative estimate of drug-likeness (QED) is 0.312. The zero-order valence-corrected chi connectivity index (χ0v) is 16.8. The van der Waals surface area contributed by atoms with Crippen LogP contribution in [-0.2, 0) is 11.3 Å². The Morgan fingerprint density at radius 1 is 1.25 bits per heavy atom. The molecule has 1 fully saturated rings. The Labute approximate surface area is 173 Å². The number of nitrogens with zero attached hydrogens (tertiary/aromatic N) is 4. The van der Waals surface area contributed by atoms with Gasteiger partial charge in [-0.25, -0.2) is 4.98 Å². The lowest BCUT2D eigenvalue weighted by atomic mass is 10.1. The molecule has 3 heterocycles. The summed E-state index contributed by atoms with van der Waals surface area (Å²) in [6.45, 7) is 0.101. The maximum absolute atomic E-state index is 10.3. The molecule has 0 saturated carbocycles. The molecule has 3 aromatic rings. The summed E-state index contributed by atoms with van der Waals surface area (Å²) < 4.78 is 8.16. The largest absolute Gasteiger partial charge is 0.394 e. The number of nitrogens with one attached hydrogen (secondary N) is 1. The van der Waals surface area contributed by atoms with Gasteiger partial charge in [0, 0.05) is 10.1 Å². The first-order chi connectivity index (χ1) is 13.5. The molecule has 4 rings (SSSR count). The highest BCUT2D eigenvalue weighted by Crippen LogP contribution is 2.32. The van der Waals surface area contributed by atoms with Gasteiger partial charge in [-0.15, -0.1) is 0 Å². The predicted octanol–water partition coefficient (Wildman–Crippen LogP) is 0.237. The number of fused-ring (bicyclic) bond motifs is 1. The number of rotatable bonds is 5. The van der Waals surface area contributed by atoms with E-state index in [1.165, 1.54) is 10.9 Å². The third-order valence-electron chi connectivity index (χ3n) is 4.58. The molecule has 148 valence electrons. The molecule has 0 aliphatic carbocycles. The monoisotopic (exact) mass is 498 g/mol. The minimum atomic E-state index is -1.24. The average molecular weight is 498 g/mol. The van der Waals surface area contributed by atoms with Crippen molar-refractivity contribution in [1.29, 1.82) is 0 Å². The number of aliphatic hydroxyl groups excluding tert-OH is 3. The number of nitrogens with two attached hydrogens (primary N) is 1. The molecule has 2 aromatic heterocycles. The van der Waals surface area contributed by atoms with Crippen LogP contribution in [0.5, 0.6) is 0 Å². The number of halogens is 1.